The molecule has 2 aromatic heterocycles. The van der Waals surface area contributed by atoms with Crippen LogP contribution in [0.1, 0.15) is 0 Å². The van der Waals surface area contributed by atoms with Crippen molar-refractivity contribution in [2.45, 2.75) is 0 Å². The maximum atomic E-state index is 6.28. The number of hydrogen-bond acceptors (Lipinski definition) is 3. The third-order valence-corrected chi connectivity index (χ3v) is 12.0. The lowest BCUT2D eigenvalue weighted by Gasteiger charge is -2.28. The van der Waals surface area contributed by atoms with Crippen LogP contribution < -0.4 is 4.90 Å². The lowest BCUT2D eigenvalue weighted by atomic mass is 9.96. The highest BCUT2D eigenvalue weighted by Gasteiger charge is 2.21. The van der Waals surface area contributed by atoms with Crippen LogP contribution in [0.15, 0.2) is 205 Å². The van der Waals surface area contributed by atoms with Crippen LogP contribution in [0.4, 0.5) is 17.1 Å². The zero-order valence-electron chi connectivity index (χ0n) is 29.8. The number of thiophene rings is 1. The largest absolute Gasteiger partial charge is 0.456 e. The second kappa shape index (κ2) is 12.9. The molecule has 2 nitrogen and oxygen atoms in total. The van der Waals surface area contributed by atoms with E-state index in [4.69, 9.17) is 4.42 Å². The summed E-state index contributed by atoms with van der Waals surface area (Å²) in [6.45, 7) is 0. The number of benzene rings is 9. The normalized spacial score (nSPS) is 11.6. The zero-order chi connectivity index (χ0) is 36.3. The van der Waals surface area contributed by atoms with E-state index in [9.17, 15) is 0 Å². The van der Waals surface area contributed by atoms with Crippen LogP contribution in [0.5, 0.6) is 0 Å². The molecule has 55 heavy (non-hydrogen) atoms. The van der Waals surface area contributed by atoms with E-state index in [0.717, 1.165) is 39.0 Å². The highest BCUT2D eigenvalue weighted by Crippen LogP contribution is 2.47. The van der Waals surface area contributed by atoms with Crippen LogP contribution >= 0.6 is 11.3 Å². The molecule has 0 radical (unpaired) electrons. The summed E-state index contributed by atoms with van der Waals surface area (Å²) < 4.78 is 8.88. The van der Waals surface area contributed by atoms with Crippen LogP contribution in [0.2, 0.25) is 0 Å². The number of nitrogens with zero attached hydrogens (tertiary/aromatic N) is 1. The Hall–Kier alpha value is -6.94. The molecule has 3 heteroatoms. The summed E-state index contributed by atoms with van der Waals surface area (Å²) >= 11 is 1.86. The molecule has 0 amide bonds. The molecule has 0 saturated heterocycles. The van der Waals surface area contributed by atoms with Gasteiger partial charge in [0.05, 0.1) is 5.69 Å². The van der Waals surface area contributed by atoms with E-state index in [1.807, 2.05) is 23.5 Å². The molecule has 0 spiro atoms. The molecular formula is C52H33NOS. The van der Waals surface area contributed by atoms with Gasteiger partial charge in [-0.15, -0.1) is 11.3 Å². The van der Waals surface area contributed by atoms with Crippen LogP contribution in [0.25, 0.3) is 86.3 Å². The quantitative estimate of drug-likeness (QED) is 0.170. The fourth-order valence-corrected chi connectivity index (χ4v) is 9.36. The lowest BCUT2D eigenvalue weighted by molar-refractivity contribution is 0.669. The van der Waals surface area contributed by atoms with Crippen LogP contribution in [0, 0.1) is 0 Å². The summed E-state index contributed by atoms with van der Waals surface area (Å²) in [5.74, 6) is 0. The Kier molecular flexibility index (Phi) is 7.39. The highest BCUT2D eigenvalue weighted by atomic mass is 32.1. The van der Waals surface area contributed by atoms with Gasteiger partial charge >= 0.3 is 0 Å². The second-order valence-electron chi connectivity index (χ2n) is 14.1. The van der Waals surface area contributed by atoms with Crippen molar-refractivity contribution in [1.82, 2.24) is 0 Å². The van der Waals surface area contributed by atoms with Gasteiger partial charge in [-0.1, -0.05) is 133 Å². The van der Waals surface area contributed by atoms with Gasteiger partial charge in [0.15, 0.2) is 0 Å². The zero-order valence-corrected chi connectivity index (χ0v) is 30.6. The minimum atomic E-state index is 0.884. The van der Waals surface area contributed by atoms with E-state index in [2.05, 4.69) is 193 Å². The third kappa shape index (κ3) is 5.40. The molecule has 11 aromatic rings. The number of hydrogen-bond donors (Lipinski definition) is 0. The molecule has 0 bridgehead atoms. The van der Waals surface area contributed by atoms with E-state index in [1.165, 1.54) is 64.3 Å². The summed E-state index contributed by atoms with van der Waals surface area (Å²) in [7, 11) is 0. The number of fused-ring (bicyclic) bond motifs is 7. The molecule has 258 valence electrons. The van der Waals surface area contributed by atoms with Crippen molar-refractivity contribution in [2.24, 2.45) is 0 Å². The Morgan fingerprint density at radius 3 is 1.91 bits per heavy atom. The summed E-state index contributed by atoms with van der Waals surface area (Å²) in [4.78, 5) is 2.40. The van der Waals surface area contributed by atoms with E-state index in [1.54, 1.807) is 0 Å². The summed E-state index contributed by atoms with van der Waals surface area (Å²) in [6, 6.07) is 72.3. The van der Waals surface area contributed by atoms with Crippen molar-refractivity contribution < 1.29 is 4.42 Å². The average molecular weight is 720 g/mol. The van der Waals surface area contributed by atoms with Gasteiger partial charge in [0.1, 0.15) is 11.2 Å². The van der Waals surface area contributed by atoms with E-state index >= 15 is 0 Å². The molecule has 0 aliphatic rings. The molecule has 9 aromatic carbocycles. The standard InChI is InChI=1S/C52H33NOS/c1-2-12-36-32-39(24-23-34(36)11-1)38-14-9-13-37(31-38)35-25-27-40(28-26-35)53(41-29-30-49-46(33-41)43-16-4-7-20-48(43)54-49)47-19-6-3-15-42(47)44-18-10-22-51-52(44)45-17-5-8-21-50(45)55-51/h1-33H. The summed E-state index contributed by atoms with van der Waals surface area (Å²) in [5, 5.41) is 7.31. The maximum Gasteiger partial charge on any atom is 0.135 e. The van der Waals surface area contributed by atoms with Gasteiger partial charge in [-0.25, -0.2) is 0 Å². The fraction of sp³-hybridized carbons (Fsp3) is 0. The van der Waals surface area contributed by atoms with E-state index in [0.29, 0.717) is 0 Å². The predicted octanol–water partition coefficient (Wildman–Crippen LogP) is 15.6. The first kappa shape index (κ1) is 31.6. The fourth-order valence-electron chi connectivity index (χ4n) is 8.23. The minimum absolute atomic E-state index is 0.884. The lowest BCUT2D eigenvalue weighted by Crippen LogP contribution is -2.11. The summed E-state index contributed by atoms with van der Waals surface area (Å²) in [5.41, 5.74) is 12.2. The first-order valence-electron chi connectivity index (χ1n) is 18.7. The molecule has 0 saturated carbocycles. The van der Waals surface area contributed by atoms with Crippen molar-refractivity contribution >= 4 is 81.3 Å². The number of para-hydroxylation sites is 2. The number of furan rings is 1. The first-order valence-corrected chi connectivity index (χ1v) is 19.5. The van der Waals surface area contributed by atoms with Crippen molar-refractivity contribution in [3.05, 3.63) is 200 Å². The second-order valence-corrected chi connectivity index (χ2v) is 15.2. The molecular weight excluding hydrogens is 687 g/mol. The van der Waals surface area contributed by atoms with Gasteiger partial charge in [0, 0.05) is 47.9 Å². The van der Waals surface area contributed by atoms with Crippen molar-refractivity contribution in [3.63, 3.8) is 0 Å². The van der Waals surface area contributed by atoms with Crippen molar-refractivity contribution in [1.29, 1.82) is 0 Å². The van der Waals surface area contributed by atoms with E-state index in [-0.39, 0.29) is 0 Å². The van der Waals surface area contributed by atoms with Gasteiger partial charge < -0.3 is 9.32 Å². The Bertz CT molecular complexity index is 3220. The van der Waals surface area contributed by atoms with Gasteiger partial charge in [-0.3, -0.25) is 0 Å². The Morgan fingerprint density at radius 2 is 1.00 bits per heavy atom. The van der Waals surface area contributed by atoms with Gasteiger partial charge in [0.2, 0.25) is 0 Å². The third-order valence-electron chi connectivity index (χ3n) is 10.9. The topological polar surface area (TPSA) is 16.4 Å². The van der Waals surface area contributed by atoms with Crippen LogP contribution in [-0.2, 0) is 0 Å². The first-order chi connectivity index (χ1) is 27.2. The minimum Gasteiger partial charge on any atom is -0.456 e. The van der Waals surface area contributed by atoms with Crippen molar-refractivity contribution in [3.8, 4) is 33.4 Å². The van der Waals surface area contributed by atoms with Crippen molar-refractivity contribution in [2.75, 3.05) is 4.90 Å². The highest BCUT2D eigenvalue weighted by molar-refractivity contribution is 7.25. The van der Waals surface area contributed by atoms with Gasteiger partial charge in [0.25, 0.3) is 0 Å². The Balaban J connectivity index is 1.06. The molecule has 0 atom stereocenters. The molecule has 2 heterocycles. The SMILES string of the molecule is c1cc(-c2ccc(N(c3ccc4oc5ccccc5c4c3)c3ccccc3-c3cccc4sc5ccccc5c34)cc2)cc(-c2ccc3ccccc3c2)c1. The molecule has 0 N–H and O–H groups in total. The molecule has 0 unspecified atom stereocenters. The van der Waals surface area contributed by atoms with Gasteiger partial charge in [-0.2, -0.15) is 0 Å². The molecule has 0 aliphatic carbocycles. The smallest absolute Gasteiger partial charge is 0.135 e. The Labute approximate surface area is 322 Å². The monoisotopic (exact) mass is 719 g/mol. The Morgan fingerprint density at radius 1 is 0.364 bits per heavy atom. The summed E-state index contributed by atoms with van der Waals surface area (Å²) in [6.07, 6.45) is 0. The number of anilines is 3. The maximum absolute atomic E-state index is 6.28. The molecule has 0 aliphatic heterocycles. The van der Waals surface area contributed by atoms with Crippen LogP contribution in [0.3, 0.4) is 0 Å². The van der Waals surface area contributed by atoms with Crippen LogP contribution in [-0.4, -0.2) is 0 Å². The number of rotatable bonds is 6. The van der Waals surface area contributed by atoms with Gasteiger partial charge in [-0.05, 0) is 105 Å². The van der Waals surface area contributed by atoms with E-state index < -0.39 is 0 Å². The average Bonchev–Trinajstić information content (AvgIpc) is 3.83. The molecule has 11 rings (SSSR count). The predicted molar refractivity (Wildman–Crippen MR) is 235 cm³/mol. The molecule has 0 fully saturated rings.